The minimum Gasteiger partial charge on any atom is -0.356 e. The molecule has 1 aromatic carbocycles. The molecule has 2 N–H and O–H groups in total. The standard InChI is InChI=1S/C20H23FN4O2/c1-12(26)22-10-13-6-7-25-19(8-13)17(11-23-25)20(27)24-18-5-3-14-2-4-15(21)9-16(14)18/h2,4,9,11,13,18H,3,5-8,10H2,1H3,(H,22,26)(H,24,27). The number of nitrogens with zero attached hydrogens (tertiary/aromatic N) is 2. The number of halogens is 1. The Balaban J connectivity index is 1.48. The average molecular weight is 370 g/mol. The van der Waals surface area contributed by atoms with Crippen molar-refractivity contribution in [3.8, 4) is 0 Å². The van der Waals surface area contributed by atoms with Crippen LogP contribution in [0.3, 0.4) is 0 Å². The van der Waals surface area contributed by atoms with Gasteiger partial charge in [0.15, 0.2) is 0 Å². The molecule has 7 heteroatoms. The molecule has 27 heavy (non-hydrogen) atoms. The summed E-state index contributed by atoms with van der Waals surface area (Å²) in [5, 5.41) is 10.3. The Bertz CT molecular complexity index is 892. The van der Waals surface area contributed by atoms with Gasteiger partial charge in [-0.1, -0.05) is 6.07 Å². The smallest absolute Gasteiger partial charge is 0.255 e. The number of amides is 2. The van der Waals surface area contributed by atoms with E-state index in [1.165, 1.54) is 19.1 Å². The number of hydrogen-bond acceptors (Lipinski definition) is 3. The minimum absolute atomic E-state index is 0.0424. The number of rotatable bonds is 4. The van der Waals surface area contributed by atoms with Gasteiger partial charge in [0.25, 0.3) is 5.91 Å². The normalized spacial score (nSPS) is 20.7. The topological polar surface area (TPSA) is 76.0 Å². The van der Waals surface area contributed by atoms with Crippen LogP contribution in [0.15, 0.2) is 24.4 Å². The molecule has 6 nitrogen and oxygen atoms in total. The van der Waals surface area contributed by atoms with Crippen molar-refractivity contribution in [3.63, 3.8) is 0 Å². The number of aryl methyl sites for hydroxylation is 2. The van der Waals surface area contributed by atoms with E-state index in [0.717, 1.165) is 42.6 Å². The Morgan fingerprint density at radius 2 is 2.19 bits per heavy atom. The molecule has 2 heterocycles. The van der Waals surface area contributed by atoms with E-state index in [1.54, 1.807) is 12.3 Å². The van der Waals surface area contributed by atoms with Crippen LogP contribution in [-0.4, -0.2) is 28.1 Å². The van der Waals surface area contributed by atoms with Crippen LogP contribution in [0.4, 0.5) is 4.39 Å². The zero-order valence-electron chi connectivity index (χ0n) is 15.3. The fourth-order valence-electron chi connectivity index (χ4n) is 4.11. The quantitative estimate of drug-likeness (QED) is 0.866. The van der Waals surface area contributed by atoms with Gasteiger partial charge in [0, 0.05) is 20.0 Å². The van der Waals surface area contributed by atoms with Crippen LogP contribution in [0.1, 0.15) is 53.0 Å². The highest BCUT2D eigenvalue weighted by Crippen LogP contribution is 2.32. The minimum atomic E-state index is -0.279. The summed E-state index contributed by atoms with van der Waals surface area (Å²) < 4.78 is 15.5. The number of hydrogen-bond donors (Lipinski definition) is 2. The first-order valence-corrected chi connectivity index (χ1v) is 9.39. The number of carbonyl (C=O) groups is 2. The lowest BCUT2D eigenvalue weighted by Gasteiger charge is -2.24. The van der Waals surface area contributed by atoms with Gasteiger partial charge in [0.05, 0.1) is 23.5 Å². The Morgan fingerprint density at radius 3 is 3.00 bits per heavy atom. The van der Waals surface area contributed by atoms with Crippen molar-refractivity contribution in [1.29, 1.82) is 0 Å². The predicted molar refractivity (Wildman–Crippen MR) is 97.6 cm³/mol. The molecule has 2 atom stereocenters. The summed E-state index contributed by atoms with van der Waals surface area (Å²) >= 11 is 0. The fraction of sp³-hybridized carbons (Fsp3) is 0.450. The van der Waals surface area contributed by atoms with Crippen molar-refractivity contribution < 1.29 is 14.0 Å². The highest BCUT2D eigenvalue weighted by molar-refractivity contribution is 5.95. The van der Waals surface area contributed by atoms with Crippen molar-refractivity contribution in [1.82, 2.24) is 20.4 Å². The average Bonchev–Trinajstić information content (AvgIpc) is 3.23. The second kappa shape index (κ2) is 7.13. The van der Waals surface area contributed by atoms with Gasteiger partial charge in [-0.15, -0.1) is 0 Å². The fourth-order valence-corrected chi connectivity index (χ4v) is 4.11. The van der Waals surface area contributed by atoms with Gasteiger partial charge in [-0.3, -0.25) is 14.3 Å². The van der Waals surface area contributed by atoms with Crippen LogP contribution in [-0.2, 0) is 24.2 Å². The van der Waals surface area contributed by atoms with Crippen LogP contribution in [0.2, 0.25) is 0 Å². The predicted octanol–water partition coefficient (Wildman–Crippen LogP) is 2.14. The maximum absolute atomic E-state index is 13.6. The lowest BCUT2D eigenvalue weighted by atomic mass is 9.94. The van der Waals surface area contributed by atoms with E-state index >= 15 is 0 Å². The first-order chi connectivity index (χ1) is 13.0. The van der Waals surface area contributed by atoms with Gasteiger partial charge < -0.3 is 10.6 Å². The molecule has 2 aliphatic rings. The van der Waals surface area contributed by atoms with Crippen LogP contribution < -0.4 is 10.6 Å². The van der Waals surface area contributed by atoms with E-state index in [-0.39, 0.29) is 23.7 Å². The number of benzene rings is 1. The van der Waals surface area contributed by atoms with Gasteiger partial charge in [0.1, 0.15) is 5.82 Å². The molecule has 0 radical (unpaired) electrons. The number of aromatic nitrogens is 2. The molecular weight excluding hydrogens is 347 g/mol. The number of nitrogens with one attached hydrogen (secondary N) is 2. The van der Waals surface area contributed by atoms with E-state index in [0.29, 0.717) is 24.4 Å². The van der Waals surface area contributed by atoms with E-state index in [9.17, 15) is 14.0 Å². The molecule has 1 aliphatic carbocycles. The Labute approximate surface area is 157 Å². The molecule has 0 saturated heterocycles. The summed E-state index contributed by atoms with van der Waals surface area (Å²) in [5.74, 6) is -0.192. The monoisotopic (exact) mass is 370 g/mol. The van der Waals surface area contributed by atoms with E-state index < -0.39 is 0 Å². The molecule has 1 aromatic heterocycles. The van der Waals surface area contributed by atoms with Gasteiger partial charge in [-0.2, -0.15) is 5.10 Å². The summed E-state index contributed by atoms with van der Waals surface area (Å²) in [5.41, 5.74) is 3.45. The SMILES string of the molecule is CC(=O)NCC1CCn2ncc(C(=O)NC3CCc4ccc(F)cc43)c2C1. The second-order valence-electron chi connectivity index (χ2n) is 7.43. The van der Waals surface area contributed by atoms with Gasteiger partial charge in [0.2, 0.25) is 5.91 Å². The van der Waals surface area contributed by atoms with Gasteiger partial charge in [-0.25, -0.2) is 4.39 Å². The van der Waals surface area contributed by atoms with E-state index in [2.05, 4.69) is 15.7 Å². The van der Waals surface area contributed by atoms with Crippen LogP contribution in [0.25, 0.3) is 0 Å². The Morgan fingerprint density at radius 1 is 1.33 bits per heavy atom. The molecule has 142 valence electrons. The maximum Gasteiger partial charge on any atom is 0.255 e. The lowest BCUT2D eigenvalue weighted by Crippen LogP contribution is -2.33. The molecule has 0 fully saturated rings. The van der Waals surface area contributed by atoms with Crippen molar-refractivity contribution in [2.45, 2.75) is 45.2 Å². The summed E-state index contributed by atoms with van der Waals surface area (Å²) in [7, 11) is 0. The molecule has 2 aromatic rings. The molecule has 2 unspecified atom stereocenters. The molecule has 1 aliphatic heterocycles. The molecule has 0 bridgehead atoms. The third-order valence-electron chi connectivity index (χ3n) is 5.56. The Hall–Kier alpha value is -2.70. The molecule has 2 amide bonds. The zero-order valence-corrected chi connectivity index (χ0v) is 15.3. The van der Waals surface area contributed by atoms with Crippen LogP contribution >= 0.6 is 0 Å². The first-order valence-electron chi connectivity index (χ1n) is 9.39. The molecular formula is C20H23FN4O2. The van der Waals surface area contributed by atoms with Crippen LogP contribution in [0.5, 0.6) is 0 Å². The second-order valence-corrected chi connectivity index (χ2v) is 7.43. The summed E-state index contributed by atoms with van der Waals surface area (Å²) in [4.78, 5) is 24.0. The van der Waals surface area contributed by atoms with E-state index in [4.69, 9.17) is 0 Å². The highest BCUT2D eigenvalue weighted by Gasteiger charge is 2.29. The molecule has 4 rings (SSSR count). The van der Waals surface area contributed by atoms with Crippen molar-refractivity contribution in [2.75, 3.05) is 6.54 Å². The van der Waals surface area contributed by atoms with Gasteiger partial charge in [-0.05, 0) is 54.9 Å². The largest absolute Gasteiger partial charge is 0.356 e. The lowest BCUT2D eigenvalue weighted by molar-refractivity contribution is -0.119. The molecule has 0 spiro atoms. The van der Waals surface area contributed by atoms with E-state index in [1.807, 2.05) is 4.68 Å². The zero-order chi connectivity index (χ0) is 19.0. The third-order valence-corrected chi connectivity index (χ3v) is 5.56. The summed E-state index contributed by atoms with van der Waals surface area (Å²) in [6.45, 7) is 2.86. The summed E-state index contributed by atoms with van der Waals surface area (Å²) in [6, 6.07) is 4.61. The highest BCUT2D eigenvalue weighted by atomic mass is 19.1. The maximum atomic E-state index is 13.6. The Kier molecular flexibility index (Phi) is 4.68. The van der Waals surface area contributed by atoms with Crippen LogP contribution in [0, 0.1) is 11.7 Å². The first kappa shape index (κ1) is 17.7. The van der Waals surface area contributed by atoms with Crippen molar-refractivity contribution in [2.24, 2.45) is 5.92 Å². The summed E-state index contributed by atoms with van der Waals surface area (Å²) in [6.07, 6.45) is 4.86. The van der Waals surface area contributed by atoms with Crippen molar-refractivity contribution in [3.05, 3.63) is 52.6 Å². The molecule has 0 saturated carbocycles. The van der Waals surface area contributed by atoms with Gasteiger partial charge >= 0.3 is 0 Å². The third kappa shape index (κ3) is 3.59. The van der Waals surface area contributed by atoms with Crippen molar-refractivity contribution >= 4 is 11.8 Å². The number of fused-ring (bicyclic) bond motifs is 2. The number of carbonyl (C=O) groups excluding carboxylic acids is 2.